The molecule has 2 aromatic rings. The van der Waals surface area contributed by atoms with Crippen molar-refractivity contribution in [3.63, 3.8) is 0 Å². The van der Waals surface area contributed by atoms with Crippen molar-refractivity contribution in [3.05, 3.63) is 51.9 Å². The van der Waals surface area contributed by atoms with Crippen LogP contribution in [-0.2, 0) is 11.3 Å². The molecule has 0 aliphatic carbocycles. The minimum Gasteiger partial charge on any atom is -0.465 e. The average molecular weight is 404 g/mol. The number of hydrogen-bond donors (Lipinski definition) is 1. The first-order valence-electron chi connectivity index (χ1n) is 8.99. The fourth-order valence-corrected chi connectivity index (χ4v) is 4.43. The van der Waals surface area contributed by atoms with Gasteiger partial charge in [0.1, 0.15) is 5.00 Å². The number of carbonyl (C=O) groups is 1. The molecule has 3 rings (SSSR count). The number of rotatable bonds is 4. The van der Waals surface area contributed by atoms with Gasteiger partial charge in [-0.25, -0.2) is 4.79 Å². The molecular formula is C20H25N3O2S2. The van der Waals surface area contributed by atoms with Crippen LogP contribution in [0.15, 0.2) is 30.3 Å². The van der Waals surface area contributed by atoms with Crippen LogP contribution in [0.5, 0.6) is 0 Å². The summed E-state index contributed by atoms with van der Waals surface area (Å²) in [6, 6.07) is 10.4. The normalized spacial score (nSPS) is 14.9. The van der Waals surface area contributed by atoms with E-state index in [1.165, 1.54) is 29.6 Å². The number of piperazine rings is 1. The highest BCUT2D eigenvalue weighted by Gasteiger charge is 2.22. The SMILES string of the molecule is COC(=O)c1cc(C)sc1NC(=S)N1CCN(Cc2ccccc2C)CC1. The maximum atomic E-state index is 11.9. The number of thiocarbonyl (C=S) groups is 1. The number of carbonyl (C=O) groups excluding carboxylic acids is 1. The Kier molecular flexibility index (Phi) is 6.46. The van der Waals surface area contributed by atoms with Crippen molar-refractivity contribution in [2.24, 2.45) is 0 Å². The number of thiophene rings is 1. The molecule has 1 aliphatic rings. The van der Waals surface area contributed by atoms with Crippen LogP contribution in [0.2, 0.25) is 0 Å². The number of aryl methyl sites for hydroxylation is 2. The van der Waals surface area contributed by atoms with Crippen LogP contribution < -0.4 is 5.32 Å². The molecule has 27 heavy (non-hydrogen) atoms. The van der Waals surface area contributed by atoms with Crippen LogP contribution in [0.25, 0.3) is 0 Å². The van der Waals surface area contributed by atoms with Gasteiger partial charge in [0.05, 0.1) is 12.7 Å². The van der Waals surface area contributed by atoms with E-state index in [4.69, 9.17) is 17.0 Å². The molecule has 1 saturated heterocycles. The second-order valence-corrected chi connectivity index (χ2v) is 8.35. The van der Waals surface area contributed by atoms with Gasteiger partial charge in [0, 0.05) is 37.6 Å². The van der Waals surface area contributed by atoms with Crippen LogP contribution in [0, 0.1) is 13.8 Å². The Morgan fingerprint density at radius 1 is 1.22 bits per heavy atom. The molecule has 0 amide bonds. The van der Waals surface area contributed by atoms with E-state index < -0.39 is 0 Å². The number of esters is 1. The summed E-state index contributed by atoms with van der Waals surface area (Å²) in [7, 11) is 1.39. The lowest BCUT2D eigenvalue weighted by molar-refractivity contribution is 0.0602. The summed E-state index contributed by atoms with van der Waals surface area (Å²) in [4.78, 5) is 17.6. The third-order valence-electron chi connectivity index (χ3n) is 4.80. The molecule has 5 nitrogen and oxygen atoms in total. The standard InChI is InChI=1S/C20H25N3O2S2/c1-14-6-4-5-7-16(14)13-22-8-10-23(11-9-22)20(26)21-18-17(19(24)25-3)12-15(2)27-18/h4-7,12H,8-11,13H2,1-3H3,(H,21,26). The summed E-state index contributed by atoms with van der Waals surface area (Å²) in [5.74, 6) is -0.340. The molecule has 7 heteroatoms. The topological polar surface area (TPSA) is 44.8 Å². The third kappa shape index (κ3) is 4.86. The van der Waals surface area contributed by atoms with Crippen molar-refractivity contribution >= 4 is 39.6 Å². The number of benzene rings is 1. The summed E-state index contributed by atoms with van der Waals surface area (Å²) in [6.45, 7) is 8.76. The molecule has 1 aromatic carbocycles. The van der Waals surface area contributed by atoms with Gasteiger partial charge in [0.15, 0.2) is 5.11 Å². The van der Waals surface area contributed by atoms with Gasteiger partial charge in [-0.2, -0.15) is 0 Å². The average Bonchev–Trinajstić information content (AvgIpc) is 3.03. The molecular weight excluding hydrogens is 378 g/mol. The van der Waals surface area contributed by atoms with Crippen molar-refractivity contribution < 1.29 is 9.53 Å². The van der Waals surface area contributed by atoms with Gasteiger partial charge in [-0.05, 0) is 43.3 Å². The van der Waals surface area contributed by atoms with Gasteiger partial charge in [0.2, 0.25) is 0 Å². The third-order valence-corrected chi connectivity index (χ3v) is 6.12. The second-order valence-electron chi connectivity index (χ2n) is 6.71. The molecule has 1 fully saturated rings. The second kappa shape index (κ2) is 8.82. The van der Waals surface area contributed by atoms with Crippen molar-refractivity contribution in [3.8, 4) is 0 Å². The van der Waals surface area contributed by atoms with Crippen molar-refractivity contribution in [2.45, 2.75) is 20.4 Å². The zero-order valence-corrected chi connectivity index (χ0v) is 17.6. The van der Waals surface area contributed by atoms with E-state index in [0.717, 1.165) is 42.6 Å². The van der Waals surface area contributed by atoms with Crippen LogP contribution in [-0.4, -0.2) is 54.2 Å². The van der Waals surface area contributed by atoms with E-state index >= 15 is 0 Å². The van der Waals surface area contributed by atoms with Gasteiger partial charge >= 0.3 is 5.97 Å². The summed E-state index contributed by atoms with van der Waals surface area (Å²) in [5, 5.41) is 4.67. The Morgan fingerprint density at radius 3 is 2.59 bits per heavy atom. The number of methoxy groups -OCH3 is 1. The van der Waals surface area contributed by atoms with E-state index in [9.17, 15) is 4.79 Å². The largest absolute Gasteiger partial charge is 0.465 e. The first-order valence-corrected chi connectivity index (χ1v) is 10.2. The zero-order chi connectivity index (χ0) is 19.4. The van der Waals surface area contributed by atoms with E-state index in [0.29, 0.717) is 10.7 Å². The van der Waals surface area contributed by atoms with E-state index in [2.05, 4.69) is 46.3 Å². The molecule has 0 bridgehead atoms. The van der Waals surface area contributed by atoms with Gasteiger partial charge in [-0.15, -0.1) is 11.3 Å². The number of ether oxygens (including phenoxy) is 1. The Bertz CT molecular complexity index is 826. The lowest BCUT2D eigenvalue weighted by atomic mass is 10.1. The van der Waals surface area contributed by atoms with E-state index in [1.54, 1.807) is 0 Å². The predicted octanol–water partition coefficient (Wildman–Crippen LogP) is 3.67. The molecule has 2 heterocycles. The molecule has 0 radical (unpaired) electrons. The highest BCUT2D eigenvalue weighted by Crippen LogP contribution is 2.28. The minimum atomic E-state index is -0.340. The molecule has 0 spiro atoms. The zero-order valence-electron chi connectivity index (χ0n) is 15.9. The van der Waals surface area contributed by atoms with Crippen LogP contribution in [0.3, 0.4) is 0 Å². The fraction of sp³-hybridized carbons (Fsp3) is 0.400. The maximum absolute atomic E-state index is 11.9. The van der Waals surface area contributed by atoms with Crippen molar-refractivity contribution in [1.29, 1.82) is 0 Å². The lowest BCUT2D eigenvalue weighted by Gasteiger charge is -2.36. The number of nitrogens with zero attached hydrogens (tertiary/aromatic N) is 2. The quantitative estimate of drug-likeness (QED) is 0.621. The Labute approximate surface area is 169 Å². The molecule has 1 aromatic heterocycles. The summed E-state index contributed by atoms with van der Waals surface area (Å²) in [5.41, 5.74) is 3.25. The van der Waals surface area contributed by atoms with E-state index in [1.807, 2.05) is 13.0 Å². The van der Waals surface area contributed by atoms with Crippen LogP contribution in [0.1, 0.15) is 26.4 Å². The van der Waals surface area contributed by atoms with Crippen LogP contribution in [0.4, 0.5) is 5.00 Å². The van der Waals surface area contributed by atoms with E-state index in [-0.39, 0.29) is 5.97 Å². The van der Waals surface area contributed by atoms with Gasteiger partial charge in [0.25, 0.3) is 0 Å². The highest BCUT2D eigenvalue weighted by molar-refractivity contribution is 7.80. The first kappa shape index (κ1) is 19.8. The number of hydrogen-bond acceptors (Lipinski definition) is 5. The number of nitrogens with one attached hydrogen (secondary N) is 1. The summed E-state index contributed by atoms with van der Waals surface area (Å²) in [6.07, 6.45) is 0. The molecule has 1 N–H and O–H groups in total. The van der Waals surface area contributed by atoms with Crippen molar-refractivity contribution in [2.75, 3.05) is 38.6 Å². The molecule has 0 atom stereocenters. The Morgan fingerprint density at radius 2 is 1.93 bits per heavy atom. The number of anilines is 1. The smallest absolute Gasteiger partial charge is 0.340 e. The monoisotopic (exact) mass is 403 g/mol. The van der Waals surface area contributed by atoms with Gasteiger partial charge < -0.3 is 15.0 Å². The molecule has 144 valence electrons. The fourth-order valence-electron chi connectivity index (χ4n) is 3.18. The molecule has 1 aliphatic heterocycles. The summed E-state index contributed by atoms with van der Waals surface area (Å²) < 4.78 is 4.86. The summed E-state index contributed by atoms with van der Waals surface area (Å²) >= 11 is 7.11. The lowest BCUT2D eigenvalue weighted by Crippen LogP contribution is -2.49. The molecule has 0 unspecified atom stereocenters. The molecule has 0 saturated carbocycles. The van der Waals surface area contributed by atoms with Crippen LogP contribution >= 0.6 is 23.6 Å². The first-order chi connectivity index (χ1) is 13.0. The minimum absolute atomic E-state index is 0.340. The van der Waals surface area contributed by atoms with Crippen molar-refractivity contribution in [1.82, 2.24) is 9.80 Å². The van der Waals surface area contributed by atoms with Gasteiger partial charge in [-0.1, -0.05) is 24.3 Å². The Balaban J connectivity index is 1.56. The maximum Gasteiger partial charge on any atom is 0.340 e. The Hall–Kier alpha value is -1.96. The predicted molar refractivity (Wildman–Crippen MR) is 115 cm³/mol. The van der Waals surface area contributed by atoms with Gasteiger partial charge in [-0.3, -0.25) is 4.90 Å². The highest BCUT2D eigenvalue weighted by atomic mass is 32.1.